The molecule has 2 heterocycles. The third kappa shape index (κ3) is 4.81. The summed E-state index contributed by atoms with van der Waals surface area (Å²) >= 11 is 0. The van der Waals surface area contributed by atoms with E-state index in [9.17, 15) is 4.79 Å². The molecule has 0 N–H and O–H groups in total. The van der Waals surface area contributed by atoms with Gasteiger partial charge in [0.05, 0.1) is 13.0 Å². The molecule has 1 unspecified atom stereocenters. The molecule has 1 aromatic carbocycles. The molecule has 1 aliphatic rings. The number of hydrogen-bond donors (Lipinski definition) is 0. The summed E-state index contributed by atoms with van der Waals surface area (Å²) in [5.74, 6) is 1.94. The Hall–Kier alpha value is -2.43. The van der Waals surface area contributed by atoms with E-state index in [1.54, 1.807) is 12.3 Å². The van der Waals surface area contributed by atoms with E-state index in [-0.39, 0.29) is 12.0 Å². The first-order chi connectivity index (χ1) is 12.5. The van der Waals surface area contributed by atoms with E-state index in [1.807, 2.05) is 11.8 Å². The van der Waals surface area contributed by atoms with Crippen molar-refractivity contribution >= 4 is 5.91 Å². The van der Waals surface area contributed by atoms with Gasteiger partial charge in [0.15, 0.2) is 0 Å². The first-order valence-corrected chi connectivity index (χ1v) is 9.34. The number of aromatic nitrogens is 2. The molecular formula is C21H27N3O2. The maximum absolute atomic E-state index is 12.7. The van der Waals surface area contributed by atoms with Crippen LogP contribution in [0.2, 0.25) is 0 Å². The summed E-state index contributed by atoms with van der Waals surface area (Å²) < 4.78 is 5.96. The molecule has 2 aromatic rings. The number of benzene rings is 1. The number of aryl methyl sites for hydroxylation is 1. The molecule has 1 aliphatic heterocycles. The number of ether oxygens (including phenoxy) is 1. The third-order valence-corrected chi connectivity index (χ3v) is 4.77. The van der Waals surface area contributed by atoms with Gasteiger partial charge in [-0.05, 0) is 36.8 Å². The lowest BCUT2D eigenvalue weighted by Gasteiger charge is -2.32. The largest absolute Gasteiger partial charge is 0.472 e. The van der Waals surface area contributed by atoms with Gasteiger partial charge in [0.25, 0.3) is 0 Å². The van der Waals surface area contributed by atoms with Gasteiger partial charge in [-0.3, -0.25) is 4.79 Å². The van der Waals surface area contributed by atoms with Crippen LogP contribution in [0.15, 0.2) is 36.5 Å². The van der Waals surface area contributed by atoms with Gasteiger partial charge in [-0.15, -0.1) is 0 Å². The van der Waals surface area contributed by atoms with Crippen molar-refractivity contribution in [2.45, 2.75) is 52.1 Å². The molecule has 3 rings (SSSR count). The maximum Gasteiger partial charge on any atom is 0.227 e. The van der Waals surface area contributed by atoms with E-state index in [2.05, 4.69) is 48.1 Å². The van der Waals surface area contributed by atoms with Gasteiger partial charge in [-0.25, -0.2) is 4.98 Å². The second-order valence-electron chi connectivity index (χ2n) is 7.24. The molecule has 138 valence electrons. The van der Waals surface area contributed by atoms with Crippen molar-refractivity contribution < 1.29 is 9.53 Å². The SMILES string of the molecule is Cc1nccc(OC2CCCN(C(=O)Cc3ccc(C(C)C)cc3)C2)n1. The average Bonchev–Trinajstić information content (AvgIpc) is 2.62. The molecule has 1 amide bonds. The van der Waals surface area contributed by atoms with Gasteiger partial charge in [0, 0.05) is 18.8 Å². The molecule has 5 nitrogen and oxygen atoms in total. The second-order valence-corrected chi connectivity index (χ2v) is 7.24. The van der Waals surface area contributed by atoms with Crippen LogP contribution >= 0.6 is 0 Å². The Bertz CT molecular complexity index is 743. The number of carbonyl (C=O) groups excluding carboxylic acids is 1. The van der Waals surface area contributed by atoms with Gasteiger partial charge in [-0.2, -0.15) is 4.98 Å². The lowest BCUT2D eigenvalue weighted by atomic mass is 10.0. The fourth-order valence-electron chi connectivity index (χ4n) is 3.24. The standard InChI is InChI=1S/C21H27N3O2/c1-15(2)18-8-6-17(7-9-18)13-21(25)24-12-4-5-19(14-24)26-20-10-11-22-16(3)23-20/h6-11,15,19H,4-5,12-14H2,1-3H3. The fourth-order valence-corrected chi connectivity index (χ4v) is 3.24. The molecule has 0 aliphatic carbocycles. The molecule has 26 heavy (non-hydrogen) atoms. The fraction of sp³-hybridized carbons (Fsp3) is 0.476. The lowest BCUT2D eigenvalue weighted by molar-refractivity contribution is -0.133. The highest BCUT2D eigenvalue weighted by molar-refractivity contribution is 5.79. The van der Waals surface area contributed by atoms with Crippen molar-refractivity contribution in [3.63, 3.8) is 0 Å². The summed E-state index contributed by atoms with van der Waals surface area (Å²) in [6.07, 6.45) is 4.02. The highest BCUT2D eigenvalue weighted by Crippen LogP contribution is 2.19. The zero-order valence-corrected chi connectivity index (χ0v) is 15.8. The molecule has 0 spiro atoms. The van der Waals surface area contributed by atoms with E-state index in [0.717, 1.165) is 24.9 Å². The number of piperidine rings is 1. The van der Waals surface area contributed by atoms with Crippen LogP contribution in [-0.2, 0) is 11.2 Å². The number of hydrogen-bond acceptors (Lipinski definition) is 4. The first-order valence-electron chi connectivity index (χ1n) is 9.34. The smallest absolute Gasteiger partial charge is 0.227 e. The van der Waals surface area contributed by atoms with E-state index < -0.39 is 0 Å². The molecule has 0 radical (unpaired) electrons. The lowest BCUT2D eigenvalue weighted by Crippen LogP contribution is -2.45. The predicted octanol–water partition coefficient (Wildman–Crippen LogP) is 3.52. The van der Waals surface area contributed by atoms with Gasteiger partial charge in [-0.1, -0.05) is 38.1 Å². The zero-order chi connectivity index (χ0) is 18.5. The van der Waals surface area contributed by atoms with Crippen LogP contribution in [0.3, 0.4) is 0 Å². The van der Waals surface area contributed by atoms with Crippen LogP contribution in [0.25, 0.3) is 0 Å². The minimum Gasteiger partial charge on any atom is -0.472 e. The summed E-state index contributed by atoms with van der Waals surface area (Å²) in [6, 6.07) is 10.1. The molecule has 1 aromatic heterocycles. The number of likely N-dealkylation sites (tertiary alicyclic amines) is 1. The summed E-state index contributed by atoms with van der Waals surface area (Å²) in [5.41, 5.74) is 2.36. The van der Waals surface area contributed by atoms with Gasteiger partial charge in [0.2, 0.25) is 11.8 Å². The maximum atomic E-state index is 12.7. The number of amides is 1. The van der Waals surface area contributed by atoms with Crippen LogP contribution in [0.1, 0.15) is 49.6 Å². The van der Waals surface area contributed by atoms with Crippen molar-refractivity contribution in [1.82, 2.24) is 14.9 Å². The molecule has 1 saturated heterocycles. The molecule has 0 saturated carbocycles. The molecule has 1 fully saturated rings. The van der Waals surface area contributed by atoms with Gasteiger partial charge < -0.3 is 9.64 Å². The third-order valence-electron chi connectivity index (χ3n) is 4.77. The normalized spacial score (nSPS) is 17.4. The topological polar surface area (TPSA) is 55.3 Å². The van der Waals surface area contributed by atoms with Crippen molar-refractivity contribution in [3.05, 3.63) is 53.5 Å². The second kappa shape index (κ2) is 8.30. The van der Waals surface area contributed by atoms with E-state index in [4.69, 9.17) is 4.74 Å². The highest BCUT2D eigenvalue weighted by Gasteiger charge is 2.25. The Morgan fingerprint density at radius 2 is 2.04 bits per heavy atom. The summed E-state index contributed by atoms with van der Waals surface area (Å²) in [6.45, 7) is 7.60. The summed E-state index contributed by atoms with van der Waals surface area (Å²) in [7, 11) is 0. The Morgan fingerprint density at radius 1 is 1.27 bits per heavy atom. The minimum atomic E-state index is -0.00897. The molecule has 0 bridgehead atoms. The highest BCUT2D eigenvalue weighted by atomic mass is 16.5. The van der Waals surface area contributed by atoms with Gasteiger partial charge in [0.1, 0.15) is 11.9 Å². The minimum absolute atomic E-state index is 0.00897. The Kier molecular flexibility index (Phi) is 5.86. The Balaban J connectivity index is 1.57. The van der Waals surface area contributed by atoms with Crippen molar-refractivity contribution in [2.75, 3.05) is 13.1 Å². The summed E-state index contributed by atoms with van der Waals surface area (Å²) in [4.78, 5) is 23.0. The molecule has 5 heteroatoms. The van der Waals surface area contributed by atoms with E-state index >= 15 is 0 Å². The summed E-state index contributed by atoms with van der Waals surface area (Å²) in [5, 5.41) is 0. The number of nitrogens with zero attached hydrogens (tertiary/aromatic N) is 3. The van der Waals surface area contributed by atoms with Gasteiger partial charge >= 0.3 is 0 Å². The van der Waals surface area contributed by atoms with E-state index in [1.165, 1.54) is 5.56 Å². The van der Waals surface area contributed by atoms with Crippen molar-refractivity contribution in [3.8, 4) is 5.88 Å². The van der Waals surface area contributed by atoms with Crippen LogP contribution in [-0.4, -0.2) is 40.0 Å². The average molecular weight is 353 g/mol. The van der Waals surface area contributed by atoms with Crippen LogP contribution in [0.5, 0.6) is 5.88 Å². The monoisotopic (exact) mass is 353 g/mol. The van der Waals surface area contributed by atoms with Crippen LogP contribution in [0, 0.1) is 6.92 Å². The predicted molar refractivity (Wildman–Crippen MR) is 101 cm³/mol. The van der Waals surface area contributed by atoms with Crippen molar-refractivity contribution in [2.24, 2.45) is 0 Å². The Labute approximate surface area is 155 Å². The molecule has 1 atom stereocenters. The zero-order valence-electron chi connectivity index (χ0n) is 15.8. The van der Waals surface area contributed by atoms with Crippen molar-refractivity contribution in [1.29, 1.82) is 0 Å². The van der Waals surface area contributed by atoms with E-state index in [0.29, 0.717) is 30.6 Å². The number of rotatable bonds is 5. The number of carbonyl (C=O) groups is 1. The van der Waals surface area contributed by atoms with Crippen LogP contribution in [0.4, 0.5) is 0 Å². The Morgan fingerprint density at radius 3 is 2.73 bits per heavy atom. The first kappa shape index (κ1) is 18.4. The van der Waals surface area contributed by atoms with Crippen LogP contribution < -0.4 is 4.74 Å². The molecular weight excluding hydrogens is 326 g/mol. The quantitative estimate of drug-likeness (QED) is 0.825.